The Kier molecular flexibility index (Phi) is 6.93. The number of carbonyl (C=O) groups is 2. The first-order chi connectivity index (χ1) is 11.9. The predicted octanol–water partition coefficient (Wildman–Crippen LogP) is 4.84. The summed E-state index contributed by atoms with van der Waals surface area (Å²) < 4.78 is 10.0. The van der Waals surface area contributed by atoms with Gasteiger partial charge >= 0.3 is 5.97 Å². The van der Waals surface area contributed by atoms with Crippen molar-refractivity contribution in [1.29, 1.82) is 0 Å². The van der Waals surface area contributed by atoms with Gasteiger partial charge in [0.2, 0.25) is 0 Å². The SMILES string of the molecule is CCOC(=O)COc1ccc(C(=O)Nc2c(Cl)cc(Cl)cc2Cl)cc1. The summed E-state index contributed by atoms with van der Waals surface area (Å²) in [5.74, 6) is -0.424. The number of ether oxygens (including phenoxy) is 2. The summed E-state index contributed by atoms with van der Waals surface area (Å²) in [6.45, 7) is 1.80. The molecular formula is C17H14Cl3NO4. The van der Waals surface area contributed by atoms with Crippen LogP contribution in [-0.2, 0) is 9.53 Å². The van der Waals surface area contributed by atoms with E-state index in [4.69, 9.17) is 44.3 Å². The minimum Gasteiger partial charge on any atom is -0.482 e. The van der Waals surface area contributed by atoms with Crippen molar-refractivity contribution >= 4 is 52.4 Å². The number of rotatable bonds is 6. The second kappa shape index (κ2) is 8.94. The average Bonchev–Trinajstić information content (AvgIpc) is 2.57. The Morgan fingerprint density at radius 1 is 1.04 bits per heavy atom. The molecule has 0 aliphatic rings. The van der Waals surface area contributed by atoms with Gasteiger partial charge in [-0.05, 0) is 43.3 Å². The monoisotopic (exact) mass is 401 g/mol. The molecule has 2 aromatic carbocycles. The zero-order valence-electron chi connectivity index (χ0n) is 13.1. The fraction of sp³-hybridized carbons (Fsp3) is 0.176. The molecular weight excluding hydrogens is 389 g/mol. The Morgan fingerprint density at radius 2 is 1.64 bits per heavy atom. The van der Waals surface area contributed by atoms with E-state index in [1.165, 1.54) is 12.1 Å². The third-order valence-corrected chi connectivity index (χ3v) is 3.84. The maximum Gasteiger partial charge on any atom is 0.344 e. The highest BCUT2D eigenvalue weighted by molar-refractivity contribution is 6.42. The van der Waals surface area contributed by atoms with Crippen LogP contribution in [0.25, 0.3) is 0 Å². The second-order valence-electron chi connectivity index (χ2n) is 4.82. The van der Waals surface area contributed by atoms with Gasteiger partial charge < -0.3 is 14.8 Å². The van der Waals surface area contributed by atoms with Crippen LogP contribution >= 0.6 is 34.8 Å². The molecule has 8 heteroatoms. The zero-order valence-corrected chi connectivity index (χ0v) is 15.4. The van der Waals surface area contributed by atoms with E-state index in [-0.39, 0.29) is 28.9 Å². The van der Waals surface area contributed by atoms with Crippen LogP contribution in [0, 0.1) is 0 Å². The molecule has 0 bridgehead atoms. The summed E-state index contributed by atoms with van der Waals surface area (Å²) in [6.07, 6.45) is 0. The van der Waals surface area contributed by atoms with Crippen molar-refractivity contribution < 1.29 is 19.1 Å². The van der Waals surface area contributed by atoms with Crippen molar-refractivity contribution in [3.05, 3.63) is 57.0 Å². The van der Waals surface area contributed by atoms with Crippen LogP contribution in [0.4, 0.5) is 5.69 Å². The maximum absolute atomic E-state index is 12.3. The molecule has 0 aliphatic carbocycles. The van der Waals surface area contributed by atoms with Crippen LogP contribution in [-0.4, -0.2) is 25.1 Å². The van der Waals surface area contributed by atoms with E-state index < -0.39 is 11.9 Å². The molecule has 1 N–H and O–H groups in total. The van der Waals surface area contributed by atoms with Gasteiger partial charge in [-0.25, -0.2) is 4.79 Å². The molecule has 0 aromatic heterocycles. The van der Waals surface area contributed by atoms with E-state index in [9.17, 15) is 9.59 Å². The van der Waals surface area contributed by atoms with Gasteiger partial charge in [0.05, 0.1) is 22.3 Å². The van der Waals surface area contributed by atoms with Gasteiger partial charge in [0.15, 0.2) is 6.61 Å². The summed E-state index contributed by atoms with van der Waals surface area (Å²) in [4.78, 5) is 23.5. The lowest BCUT2D eigenvalue weighted by atomic mass is 10.2. The van der Waals surface area contributed by atoms with Gasteiger partial charge in [-0.15, -0.1) is 0 Å². The maximum atomic E-state index is 12.3. The molecule has 25 heavy (non-hydrogen) atoms. The van der Waals surface area contributed by atoms with Crippen LogP contribution in [0.2, 0.25) is 15.1 Å². The van der Waals surface area contributed by atoms with Crippen molar-refractivity contribution in [3.63, 3.8) is 0 Å². The van der Waals surface area contributed by atoms with Crippen molar-refractivity contribution in [2.24, 2.45) is 0 Å². The highest BCUT2D eigenvalue weighted by atomic mass is 35.5. The number of amides is 1. The Labute approximate surface area is 159 Å². The molecule has 0 spiro atoms. The molecule has 1 amide bonds. The van der Waals surface area contributed by atoms with E-state index in [0.29, 0.717) is 16.3 Å². The molecule has 2 aromatic rings. The van der Waals surface area contributed by atoms with Crippen molar-refractivity contribution in [1.82, 2.24) is 0 Å². The van der Waals surface area contributed by atoms with Crippen LogP contribution in [0.15, 0.2) is 36.4 Å². The van der Waals surface area contributed by atoms with E-state index in [2.05, 4.69) is 5.32 Å². The van der Waals surface area contributed by atoms with Crippen molar-refractivity contribution in [2.45, 2.75) is 6.92 Å². The fourth-order valence-corrected chi connectivity index (χ4v) is 2.81. The van der Waals surface area contributed by atoms with Gasteiger partial charge in [0.1, 0.15) is 5.75 Å². The number of hydrogen-bond acceptors (Lipinski definition) is 4. The number of hydrogen-bond donors (Lipinski definition) is 1. The molecule has 0 saturated heterocycles. The lowest BCUT2D eigenvalue weighted by Gasteiger charge is -2.10. The first-order valence-corrected chi connectivity index (χ1v) is 8.38. The normalized spacial score (nSPS) is 10.2. The quantitative estimate of drug-likeness (QED) is 0.702. The number of halogens is 3. The highest BCUT2D eigenvalue weighted by Crippen LogP contribution is 2.34. The zero-order chi connectivity index (χ0) is 18.4. The van der Waals surface area contributed by atoms with Crippen LogP contribution in [0.1, 0.15) is 17.3 Å². The molecule has 5 nitrogen and oxygen atoms in total. The summed E-state index contributed by atoms with van der Waals surface area (Å²) in [7, 11) is 0. The standard InChI is InChI=1S/C17H14Cl3NO4/c1-2-24-15(22)9-25-12-5-3-10(4-6-12)17(23)21-16-13(19)7-11(18)8-14(16)20/h3-8H,2,9H2,1H3,(H,21,23). The molecule has 0 heterocycles. The Hall–Kier alpha value is -1.95. The smallest absolute Gasteiger partial charge is 0.344 e. The van der Waals surface area contributed by atoms with E-state index in [0.717, 1.165) is 0 Å². The number of esters is 1. The van der Waals surface area contributed by atoms with Gasteiger partial charge in [-0.3, -0.25) is 4.79 Å². The Morgan fingerprint density at radius 3 is 2.20 bits per heavy atom. The van der Waals surface area contributed by atoms with Gasteiger partial charge in [-0.1, -0.05) is 34.8 Å². The molecule has 0 atom stereocenters. The Balaban J connectivity index is 2.02. The third kappa shape index (κ3) is 5.53. The lowest BCUT2D eigenvalue weighted by molar-refractivity contribution is -0.145. The molecule has 0 aliphatic heterocycles. The molecule has 0 saturated carbocycles. The summed E-state index contributed by atoms with van der Waals surface area (Å²) in [5.41, 5.74) is 0.644. The first-order valence-electron chi connectivity index (χ1n) is 7.25. The summed E-state index contributed by atoms with van der Waals surface area (Å²) in [6, 6.07) is 9.20. The van der Waals surface area contributed by atoms with Crippen molar-refractivity contribution in [3.8, 4) is 5.75 Å². The van der Waals surface area contributed by atoms with E-state index in [1.54, 1.807) is 31.2 Å². The minimum absolute atomic E-state index is 0.199. The lowest BCUT2D eigenvalue weighted by Crippen LogP contribution is -2.15. The fourth-order valence-electron chi connectivity index (χ4n) is 1.89. The molecule has 0 unspecified atom stereocenters. The summed E-state index contributed by atoms with van der Waals surface area (Å²) >= 11 is 17.9. The Bertz CT molecular complexity index is 755. The average molecular weight is 403 g/mol. The molecule has 2 rings (SSSR count). The topological polar surface area (TPSA) is 64.6 Å². The number of nitrogens with one attached hydrogen (secondary N) is 1. The van der Waals surface area contributed by atoms with Gasteiger partial charge in [0, 0.05) is 10.6 Å². The van der Waals surface area contributed by atoms with Gasteiger partial charge in [0.25, 0.3) is 5.91 Å². The number of anilines is 1. The predicted molar refractivity (Wildman–Crippen MR) is 98.0 cm³/mol. The number of benzene rings is 2. The molecule has 0 fully saturated rings. The molecule has 132 valence electrons. The van der Waals surface area contributed by atoms with Gasteiger partial charge in [-0.2, -0.15) is 0 Å². The molecule has 0 radical (unpaired) electrons. The highest BCUT2D eigenvalue weighted by Gasteiger charge is 2.13. The first kappa shape index (κ1) is 19.4. The largest absolute Gasteiger partial charge is 0.482 e. The van der Waals surface area contributed by atoms with Crippen molar-refractivity contribution in [2.75, 3.05) is 18.5 Å². The summed E-state index contributed by atoms with van der Waals surface area (Å²) in [5, 5.41) is 3.48. The van der Waals surface area contributed by atoms with Crippen LogP contribution in [0.3, 0.4) is 0 Å². The number of carbonyl (C=O) groups excluding carboxylic acids is 2. The minimum atomic E-state index is -0.462. The second-order valence-corrected chi connectivity index (χ2v) is 6.07. The van der Waals surface area contributed by atoms with E-state index in [1.807, 2.05) is 0 Å². The third-order valence-electron chi connectivity index (χ3n) is 3.02. The van der Waals surface area contributed by atoms with Crippen LogP contribution < -0.4 is 10.1 Å². The van der Waals surface area contributed by atoms with Crippen LogP contribution in [0.5, 0.6) is 5.75 Å². The van der Waals surface area contributed by atoms with E-state index >= 15 is 0 Å².